The van der Waals surface area contributed by atoms with Gasteiger partial charge in [0.1, 0.15) is 0 Å². The van der Waals surface area contributed by atoms with Gasteiger partial charge in [0.15, 0.2) is 11.6 Å². The Bertz CT molecular complexity index is 440. The summed E-state index contributed by atoms with van der Waals surface area (Å²) in [6.07, 6.45) is 1.61. The lowest BCUT2D eigenvalue weighted by Gasteiger charge is -2.00. The third kappa shape index (κ3) is 1.62. The van der Waals surface area contributed by atoms with E-state index in [1.54, 1.807) is 24.4 Å². The standard InChI is InChI=1S/C11H7F2N/c12-9-5-4-8(7-10(9)13)11-3-1-2-6-14-11/h1-7H. The monoisotopic (exact) mass is 191 g/mol. The highest BCUT2D eigenvalue weighted by Crippen LogP contribution is 2.18. The van der Waals surface area contributed by atoms with Crippen LogP contribution in [0.2, 0.25) is 0 Å². The van der Waals surface area contributed by atoms with Gasteiger partial charge in [-0.25, -0.2) is 8.78 Å². The van der Waals surface area contributed by atoms with E-state index in [1.165, 1.54) is 6.07 Å². The van der Waals surface area contributed by atoms with Gasteiger partial charge in [0, 0.05) is 11.8 Å². The van der Waals surface area contributed by atoms with Crippen LogP contribution in [0.25, 0.3) is 11.3 Å². The van der Waals surface area contributed by atoms with Crippen LogP contribution in [0.4, 0.5) is 8.78 Å². The van der Waals surface area contributed by atoms with Crippen molar-refractivity contribution in [2.45, 2.75) is 0 Å². The largest absolute Gasteiger partial charge is 0.256 e. The zero-order chi connectivity index (χ0) is 9.97. The zero-order valence-electron chi connectivity index (χ0n) is 7.24. The van der Waals surface area contributed by atoms with E-state index in [9.17, 15) is 8.78 Å². The molecule has 0 aliphatic rings. The fourth-order valence-corrected chi connectivity index (χ4v) is 1.19. The summed E-state index contributed by atoms with van der Waals surface area (Å²) in [6, 6.07) is 9.04. The number of halogens is 2. The molecule has 1 heterocycles. The van der Waals surface area contributed by atoms with Crippen molar-refractivity contribution in [1.82, 2.24) is 4.98 Å². The van der Waals surface area contributed by atoms with Crippen LogP contribution in [0, 0.1) is 11.6 Å². The Hall–Kier alpha value is -1.77. The van der Waals surface area contributed by atoms with Gasteiger partial charge in [-0.1, -0.05) is 6.07 Å². The van der Waals surface area contributed by atoms with Crippen molar-refractivity contribution in [3.05, 3.63) is 54.2 Å². The second kappa shape index (κ2) is 3.54. The highest BCUT2D eigenvalue weighted by atomic mass is 19.2. The summed E-state index contributed by atoms with van der Waals surface area (Å²) in [5.41, 5.74) is 1.20. The van der Waals surface area contributed by atoms with Crippen LogP contribution in [0.1, 0.15) is 0 Å². The molecule has 0 N–H and O–H groups in total. The maximum atomic E-state index is 12.9. The minimum atomic E-state index is -0.854. The van der Waals surface area contributed by atoms with Gasteiger partial charge in [-0.15, -0.1) is 0 Å². The third-order valence-electron chi connectivity index (χ3n) is 1.88. The van der Waals surface area contributed by atoms with Gasteiger partial charge in [-0.2, -0.15) is 0 Å². The molecule has 0 aliphatic carbocycles. The van der Waals surface area contributed by atoms with Crippen LogP contribution >= 0.6 is 0 Å². The van der Waals surface area contributed by atoms with Gasteiger partial charge >= 0.3 is 0 Å². The van der Waals surface area contributed by atoms with E-state index in [1.807, 2.05) is 0 Å². The summed E-state index contributed by atoms with van der Waals surface area (Å²) in [5.74, 6) is -1.70. The molecule has 0 atom stereocenters. The van der Waals surface area contributed by atoms with E-state index in [0.717, 1.165) is 12.1 Å². The van der Waals surface area contributed by atoms with Crippen molar-refractivity contribution in [2.24, 2.45) is 0 Å². The third-order valence-corrected chi connectivity index (χ3v) is 1.88. The molecule has 1 aromatic heterocycles. The molecular formula is C11H7F2N. The molecule has 0 saturated carbocycles. The van der Waals surface area contributed by atoms with Gasteiger partial charge in [0.05, 0.1) is 5.69 Å². The molecule has 0 saturated heterocycles. The number of nitrogens with zero attached hydrogens (tertiary/aromatic N) is 1. The molecule has 0 unspecified atom stereocenters. The quantitative estimate of drug-likeness (QED) is 0.675. The molecule has 2 aromatic rings. The normalized spacial score (nSPS) is 10.1. The predicted molar refractivity (Wildman–Crippen MR) is 49.6 cm³/mol. The van der Waals surface area contributed by atoms with Gasteiger partial charge in [-0.05, 0) is 30.3 Å². The minimum Gasteiger partial charge on any atom is -0.256 e. The van der Waals surface area contributed by atoms with E-state index in [0.29, 0.717) is 11.3 Å². The molecule has 14 heavy (non-hydrogen) atoms. The Balaban J connectivity index is 2.48. The number of hydrogen-bond donors (Lipinski definition) is 0. The summed E-state index contributed by atoms with van der Waals surface area (Å²) in [5, 5.41) is 0. The Morgan fingerprint density at radius 1 is 0.929 bits per heavy atom. The van der Waals surface area contributed by atoms with Crippen LogP contribution in [0.3, 0.4) is 0 Å². The topological polar surface area (TPSA) is 12.9 Å². The van der Waals surface area contributed by atoms with Crippen LogP contribution in [0.15, 0.2) is 42.6 Å². The van der Waals surface area contributed by atoms with Crippen LogP contribution in [-0.2, 0) is 0 Å². The van der Waals surface area contributed by atoms with Crippen LogP contribution in [0.5, 0.6) is 0 Å². The van der Waals surface area contributed by atoms with Gasteiger partial charge in [0.25, 0.3) is 0 Å². The molecule has 0 fully saturated rings. The van der Waals surface area contributed by atoms with E-state index in [-0.39, 0.29) is 0 Å². The number of benzene rings is 1. The molecule has 0 aliphatic heterocycles. The Kier molecular flexibility index (Phi) is 2.23. The Morgan fingerprint density at radius 2 is 1.79 bits per heavy atom. The van der Waals surface area contributed by atoms with Crippen molar-refractivity contribution in [3.8, 4) is 11.3 Å². The summed E-state index contributed by atoms with van der Waals surface area (Å²) in [4.78, 5) is 4.03. The first kappa shape index (κ1) is 8.81. The first-order valence-corrected chi connectivity index (χ1v) is 4.14. The highest BCUT2D eigenvalue weighted by molar-refractivity contribution is 5.58. The number of hydrogen-bond acceptors (Lipinski definition) is 1. The van der Waals surface area contributed by atoms with Crippen molar-refractivity contribution in [2.75, 3.05) is 0 Å². The van der Waals surface area contributed by atoms with Crippen LogP contribution < -0.4 is 0 Å². The van der Waals surface area contributed by atoms with E-state index >= 15 is 0 Å². The SMILES string of the molecule is Fc1ccc(-c2ccccn2)cc1F. The number of pyridine rings is 1. The second-order valence-electron chi connectivity index (χ2n) is 2.84. The fraction of sp³-hybridized carbons (Fsp3) is 0. The smallest absolute Gasteiger partial charge is 0.159 e. The Labute approximate surface area is 80.0 Å². The van der Waals surface area contributed by atoms with Gasteiger partial charge in [0.2, 0.25) is 0 Å². The molecule has 1 nitrogen and oxygen atoms in total. The molecule has 70 valence electrons. The number of rotatable bonds is 1. The average molecular weight is 191 g/mol. The van der Waals surface area contributed by atoms with Gasteiger partial charge in [-0.3, -0.25) is 4.98 Å². The van der Waals surface area contributed by atoms with Crippen molar-refractivity contribution in [1.29, 1.82) is 0 Å². The first-order valence-electron chi connectivity index (χ1n) is 4.14. The fourth-order valence-electron chi connectivity index (χ4n) is 1.19. The molecular weight excluding hydrogens is 184 g/mol. The lowest BCUT2D eigenvalue weighted by atomic mass is 10.1. The molecule has 1 aromatic carbocycles. The summed E-state index contributed by atoms with van der Waals surface area (Å²) >= 11 is 0. The van der Waals surface area contributed by atoms with Crippen molar-refractivity contribution in [3.63, 3.8) is 0 Å². The molecule has 0 bridgehead atoms. The predicted octanol–water partition coefficient (Wildman–Crippen LogP) is 3.03. The number of aromatic nitrogens is 1. The molecule has 2 rings (SSSR count). The second-order valence-corrected chi connectivity index (χ2v) is 2.84. The lowest BCUT2D eigenvalue weighted by molar-refractivity contribution is 0.509. The zero-order valence-corrected chi connectivity index (χ0v) is 7.24. The van der Waals surface area contributed by atoms with Crippen molar-refractivity contribution >= 4 is 0 Å². The minimum absolute atomic E-state index is 0.574. The van der Waals surface area contributed by atoms with Gasteiger partial charge < -0.3 is 0 Å². The van der Waals surface area contributed by atoms with E-state index in [4.69, 9.17) is 0 Å². The lowest BCUT2D eigenvalue weighted by Crippen LogP contribution is -1.86. The first-order chi connectivity index (χ1) is 6.77. The molecule has 0 amide bonds. The summed E-state index contributed by atoms with van der Waals surface area (Å²) in [7, 11) is 0. The molecule has 0 spiro atoms. The van der Waals surface area contributed by atoms with E-state index in [2.05, 4.69) is 4.98 Å². The average Bonchev–Trinajstić information content (AvgIpc) is 2.23. The Morgan fingerprint density at radius 3 is 2.43 bits per heavy atom. The van der Waals surface area contributed by atoms with Crippen LogP contribution in [-0.4, -0.2) is 4.98 Å². The summed E-state index contributed by atoms with van der Waals surface area (Å²) in [6.45, 7) is 0. The maximum absolute atomic E-state index is 12.9. The molecule has 3 heteroatoms. The summed E-state index contributed by atoms with van der Waals surface area (Å²) < 4.78 is 25.5. The maximum Gasteiger partial charge on any atom is 0.159 e. The van der Waals surface area contributed by atoms with E-state index < -0.39 is 11.6 Å². The highest BCUT2D eigenvalue weighted by Gasteiger charge is 2.04. The van der Waals surface area contributed by atoms with Crippen molar-refractivity contribution < 1.29 is 8.78 Å². The molecule has 0 radical (unpaired) electrons.